The number of hydrogen-bond donors (Lipinski definition) is 1. The Kier molecular flexibility index (Phi) is 2.38. The van der Waals surface area contributed by atoms with Crippen LogP contribution in [0.4, 0.5) is 0 Å². The van der Waals surface area contributed by atoms with Crippen molar-refractivity contribution in [1.82, 2.24) is 4.98 Å². The van der Waals surface area contributed by atoms with Crippen LogP contribution in [0.3, 0.4) is 0 Å². The van der Waals surface area contributed by atoms with Crippen molar-refractivity contribution in [2.45, 2.75) is 33.1 Å². The second-order valence-electron chi connectivity index (χ2n) is 5.35. The van der Waals surface area contributed by atoms with Gasteiger partial charge in [0.1, 0.15) is 0 Å². The smallest absolute Gasteiger partial charge is 0.252 e. The molecule has 0 saturated heterocycles. The highest BCUT2D eigenvalue weighted by atomic mass is 16.1. The largest absolute Gasteiger partial charge is 0.322 e. The predicted molar refractivity (Wildman–Crippen MR) is 68.0 cm³/mol. The maximum atomic E-state index is 11.9. The zero-order valence-electron chi connectivity index (χ0n) is 10.2. The average molecular weight is 215 g/mol. The van der Waals surface area contributed by atoms with Gasteiger partial charge < -0.3 is 4.98 Å². The fourth-order valence-electron chi connectivity index (χ4n) is 1.88. The Morgan fingerprint density at radius 1 is 1.12 bits per heavy atom. The van der Waals surface area contributed by atoms with Crippen LogP contribution in [0.5, 0.6) is 0 Å². The van der Waals surface area contributed by atoms with E-state index in [4.69, 9.17) is 0 Å². The SMILES string of the molecule is Cc1ccc2[nH]c(=O)c(C(C)(C)C)cc2c1. The Bertz CT molecular complexity index is 588. The second kappa shape index (κ2) is 3.48. The maximum absolute atomic E-state index is 11.9. The number of aromatic amines is 1. The minimum Gasteiger partial charge on any atom is -0.322 e. The molecule has 0 unspecified atom stereocenters. The first-order chi connectivity index (χ1) is 7.38. The summed E-state index contributed by atoms with van der Waals surface area (Å²) in [6.07, 6.45) is 0. The lowest BCUT2D eigenvalue weighted by Gasteiger charge is -2.18. The van der Waals surface area contributed by atoms with E-state index in [2.05, 4.69) is 38.7 Å². The Morgan fingerprint density at radius 2 is 1.81 bits per heavy atom. The number of aryl methyl sites for hydroxylation is 1. The van der Waals surface area contributed by atoms with E-state index in [1.54, 1.807) is 0 Å². The molecule has 0 fully saturated rings. The summed E-state index contributed by atoms with van der Waals surface area (Å²) in [6.45, 7) is 8.22. The molecule has 1 N–H and O–H groups in total. The molecule has 0 aliphatic carbocycles. The van der Waals surface area contributed by atoms with Crippen LogP contribution in [0.15, 0.2) is 29.1 Å². The average Bonchev–Trinajstić information content (AvgIpc) is 2.16. The monoisotopic (exact) mass is 215 g/mol. The van der Waals surface area contributed by atoms with Crippen molar-refractivity contribution in [2.75, 3.05) is 0 Å². The van der Waals surface area contributed by atoms with Gasteiger partial charge in [-0.2, -0.15) is 0 Å². The van der Waals surface area contributed by atoms with Crippen molar-refractivity contribution in [3.63, 3.8) is 0 Å². The summed E-state index contributed by atoms with van der Waals surface area (Å²) in [5, 5.41) is 1.10. The Hall–Kier alpha value is -1.57. The van der Waals surface area contributed by atoms with E-state index in [0.717, 1.165) is 16.5 Å². The number of aromatic nitrogens is 1. The Balaban J connectivity index is 2.79. The number of hydrogen-bond acceptors (Lipinski definition) is 1. The molecule has 0 aliphatic heterocycles. The van der Waals surface area contributed by atoms with Crippen LogP contribution < -0.4 is 5.56 Å². The molecule has 0 atom stereocenters. The van der Waals surface area contributed by atoms with Crippen LogP contribution in [-0.4, -0.2) is 4.98 Å². The number of rotatable bonds is 0. The van der Waals surface area contributed by atoms with Gasteiger partial charge in [-0.15, -0.1) is 0 Å². The topological polar surface area (TPSA) is 32.9 Å². The fraction of sp³-hybridized carbons (Fsp3) is 0.357. The molecule has 2 nitrogen and oxygen atoms in total. The van der Waals surface area contributed by atoms with E-state index < -0.39 is 0 Å². The molecular formula is C14H17NO. The van der Waals surface area contributed by atoms with Crippen molar-refractivity contribution >= 4 is 10.9 Å². The Morgan fingerprint density at radius 3 is 2.44 bits per heavy atom. The zero-order valence-corrected chi connectivity index (χ0v) is 10.2. The molecule has 0 spiro atoms. The van der Waals surface area contributed by atoms with Crippen molar-refractivity contribution in [2.24, 2.45) is 0 Å². The third-order valence-electron chi connectivity index (χ3n) is 2.81. The lowest BCUT2D eigenvalue weighted by molar-refractivity contribution is 0.583. The Labute approximate surface area is 95.3 Å². The summed E-state index contributed by atoms with van der Waals surface area (Å²) >= 11 is 0. The van der Waals surface area contributed by atoms with Gasteiger partial charge in [-0.1, -0.05) is 32.4 Å². The zero-order chi connectivity index (χ0) is 11.9. The van der Waals surface area contributed by atoms with Crippen LogP contribution >= 0.6 is 0 Å². The quantitative estimate of drug-likeness (QED) is 0.719. The van der Waals surface area contributed by atoms with Crippen LogP contribution in [0, 0.1) is 6.92 Å². The van der Waals surface area contributed by atoms with E-state index in [9.17, 15) is 4.79 Å². The third-order valence-corrected chi connectivity index (χ3v) is 2.81. The van der Waals surface area contributed by atoms with E-state index in [-0.39, 0.29) is 11.0 Å². The summed E-state index contributed by atoms with van der Waals surface area (Å²) in [6, 6.07) is 8.06. The molecule has 16 heavy (non-hydrogen) atoms. The lowest BCUT2D eigenvalue weighted by Crippen LogP contribution is -2.24. The van der Waals surface area contributed by atoms with Gasteiger partial charge in [0.05, 0.1) is 0 Å². The lowest BCUT2D eigenvalue weighted by atomic mass is 9.87. The first kappa shape index (κ1) is 10.9. The van der Waals surface area contributed by atoms with Gasteiger partial charge in [0.2, 0.25) is 0 Å². The molecule has 0 saturated carbocycles. The molecule has 2 rings (SSSR count). The van der Waals surface area contributed by atoms with Gasteiger partial charge >= 0.3 is 0 Å². The van der Waals surface area contributed by atoms with Gasteiger partial charge in [0.25, 0.3) is 5.56 Å². The number of nitrogens with one attached hydrogen (secondary N) is 1. The van der Waals surface area contributed by atoms with Crippen molar-refractivity contribution in [3.05, 3.63) is 45.7 Å². The highest BCUT2D eigenvalue weighted by Crippen LogP contribution is 2.22. The van der Waals surface area contributed by atoms with Gasteiger partial charge in [0.15, 0.2) is 0 Å². The standard InChI is InChI=1S/C14H17NO/c1-9-5-6-12-10(7-9)8-11(13(16)15-12)14(2,3)4/h5-8H,1-4H3,(H,15,16). The third kappa shape index (κ3) is 1.87. The first-order valence-electron chi connectivity index (χ1n) is 5.52. The summed E-state index contributed by atoms with van der Waals surface area (Å²) in [7, 11) is 0. The van der Waals surface area contributed by atoms with Crippen molar-refractivity contribution in [3.8, 4) is 0 Å². The molecule has 0 radical (unpaired) electrons. The van der Waals surface area contributed by atoms with Crippen LogP contribution in [-0.2, 0) is 5.41 Å². The molecule has 1 aromatic heterocycles. The van der Waals surface area contributed by atoms with Crippen LogP contribution in [0.25, 0.3) is 10.9 Å². The molecule has 0 aliphatic rings. The fourth-order valence-corrected chi connectivity index (χ4v) is 1.88. The molecule has 1 aromatic carbocycles. The number of benzene rings is 1. The molecule has 2 heteroatoms. The normalized spacial score (nSPS) is 12.0. The molecular weight excluding hydrogens is 198 g/mol. The van der Waals surface area contributed by atoms with Gasteiger partial charge in [-0.05, 0) is 35.9 Å². The highest BCUT2D eigenvalue weighted by Gasteiger charge is 2.18. The molecule has 0 bridgehead atoms. The van der Waals surface area contributed by atoms with E-state index in [1.165, 1.54) is 5.56 Å². The van der Waals surface area contributed by atoms with E-state index >= 15 is 0 Å². The summed E-state index contributed by atoms with van der Waals surface area (Å²) in [4.78, 5) is 14.8. The van der Waals surface area contributed by atoms with Crippen LogP contribution in [0.1, 0.15) is 31.9 Å². The van der Waals surface area contributed by atoms with E-state index in [0.29, 0.717) is 0 Å². The van der Waals surface area contributed by atoms with Crippen LogP contribution in [0.2, 0.25) is 0 Å². The summed E-state index contributed by atoms with van der Waals surface area (Å²) < 4.78 is 0. The minimum absolute atomic E-state index is 0.0175. The highest BCUT2D eigenvalue weighted by molar-refractivity contribution is 5.79. The van der Waals surface area contributed by atoms with Gasteiger partial charge in [-0.3, -0.25) is 4.79 Å². The number of pyridine rings is 1. The second-order valence-corrected chi connectivity index (χ2v) is 5.35. The maximum Gasteiger partial charge on any atom is 0.252 e. The summed E-state index contributed by atoms with van der Waals surface area (Å²) in [5.74, 6) is 0. The molecule has 0 amide bonds. The van der Waals surface area contributed by atoms with Crippen molar-refractivity contribution < 1.29 is 0 Å². The minimum atomic E-state index is -0.120. The first-order valence-corrected chi connectivity index (χ1v) is 5.52. The van der Waals surface area contributed by atoms with Gasteiger partial charge in [0, 0.05) is 11.1 Å². The number of H-pyrrole nitrogens is 1. The number of fused-ring (bicyclic) bond motifs is 1. The molecule has 1 heterocycles. The predicted octanol–water partition coefficient (Wildman–Crippen LogP) is 3.13. The van der Waals surface area contributed by atoms with Crippen molar-refractivity contribution in [1.29, 1.82) is 0 Å². The molecule has 2 aromatic rings. The molecule has 84 valence electrons. The summed E-state index contributed by atoms with van der Waals surface area (Å²) in [5.41, 5.74) is 2.85. The van der Waals surface area contributed by atoms with Gasteiger partial charge in [-0.25, -0.2) is 0 Å². The van der Waals surface area contributed by atoms with E-state index in [1.807, 2.05) is 18.2 Å².